The molecule has 188 valence electrons. The van der Waals surface area contributed by atoms with Crippen LogP contribution in [0.2, 0.25) is 0 Å². The van der Waals surface area contributed by atoms with E-state index in [0.29, 0.717) is 31.2 Å². The van der Waals surface area contributed by atoms with Crippen LogP contribution in [-0.4, -0.2) is 51.0 Å². The molecule has 1 aliphatic rings. The third kappa shape index (κ3) is 7.42. The Bertz CT molecular complexity index is 1010. The monoisotopic (exact) mass is 500 g/mol. The largest absolute Gasteiger partial charge is 0.524 e. The van der Waals surface area contributed by atoms with Gasteiger partial charge in [0.2, 0.25) is 23.6 Å². The second-order valence-electron chi connectivity index (χ2n) is 8.14. The van der Waals surface area contributed by atoms with Gasteiger partial charge in [0.25, 0.3) is 0 Å². The quantitative estimate of drug-likeness (QED) is 0.121. The molecule has 2 atom stereocenters. The molecule has 1 fully saturated rings. The molecular formula is C19H29N6O8P. The van der Waals surface area contributed by atoms with Crippen molar-refractivity contribution in [3.05, 3.63) is 23.8 Å². The van der Waals surface area contributed by atoms with Crippen LogP contribution in [0.1, 0.15) is 37.7 Å². The summed E-state index contributed by atoms with van der Waals surface area (Å²) < 4.78 is 15.4. The van der Waals surface area contributed by atoms with Gasteiger partial charge in [-0.25, -0.2) is 4.57 Å². The van der Waals surface area contributed by atoms with E-state index in [0.717, 1.165) is 0 Å². The average molecular weight is 500 g/mol. The molecule has 4 amide bonds. The first-order valence-corrected chi connectivity index (χ1v) is 11.9. The highest BCUT2D eigenvalue weighted by atomic mass is 31.2. The highest BCUT2D eigenvalue weighted by molar-refractivity contribution is 7.46. The lowest BCUT2D eigenvalue weighted by Gasteiger charge is -2.31. The second kappa shape index (κ2) is 10.8. The summed E-state index contributed by atoms with van der Waals surface area (Å²) >= 11 is 0. The van der Waals surface area contributed by atoms with Gasteiger partial charge in [-0.15, -0.1) is 0 Å². The number of primary amides is 2. The SMILES string of the molecule is NC(=O)C[C@H](NC(=O)C1(NC(=O)[C@@H](N)Cc2ccc(OP(=O)(O)O)c(N)c2)CCCC1)C(N)=O. The van der Waals surface area contributed by atoms with Gasteiger partial charge in [0, 0.05) is 0 Å². The number of carbonyl (C=O) groups is 4. The molecule has 1 saturated carbocycles. The van der Waals surface area contributed by atoms with Crippen LogP contribution >= 0.6 is 7.82 Å². The van der Waals surface area contributed by atoms with Gasteiger partial charge in [-0.3, -0.25) is 29.0 Å². The van der Waals surface area contributed by atoms with Gasteiger partial charge in [0.05, 0.1) is 18.2 Å². The molecule has 0 bridgehead atoms. The molecule has 1 aromatic carbocycles. The van der Waals surface area contributed by atoms with Crippen LogP contribution in [0.5, 0.6) is 5.75 Å². The van der Waals surface area contributed by atoms with Crippen molar-refractivity contribution in [2.24, 2.45) is 17.2 Å². The summed E-state index contributed by atoms with van der Waals surface area (Å²) in [6.07, 6.45) is 1.37. The van der Waals surface area contributed by atoms with Crippen LogP contribution in [-0.2, 0) is 30.2 Å². The number of anilines is 1. The van der Waals surface area contributed by atoms with Crippen molar-refractivity contribution < 1.29 is 38.1 Å². The zero-order valence-electron chi connectivity index (χ0n) is 18.2. The normalized spacial score (nSPS) is 16.8. The smallest absolute Gasteiger partial charge is 0.402 e. The molecule has 14 nitrogen and oxygen atoms in total. The minimum absolute atomic E-state index is 0.00445. The minimum Gasteiger partial charge on any atom is -0.402 e. The van der Waals surface area contributed by atoms with Crippen LogP contribution in [0.4, 0.5) is 5.69 Å². The molecule has 0 aliphatic heterocycles. The van der Waals surface area contributed by atoms with Gasteiger partial charge >= 0.3 is 7.82 Å². The molecule has 0 unspecified atom stereocenters. The Hall–Kier alpha value is -3.19. The molecule has 0 saturated heterocycles. The van der Waals surface area contributed by atoms with E-state index < -0.39 is 55.5 Å². The molecule has 15 heteroatoms. The van der Waals surface area contributed by atoms with E-state index in [2.05, 4.69) is 15.2 Å². The van der Waals surface area contributed by atoms with Crippen molar-refractivity contribution in [2.75, 3.05) is 5.73 Å². The number of nitrogen functional groups attached to an aromatic ring is 1. The maximum Gasteiger partial charge on any atom is 0.524 e. The number of nitrogens with two attached hydrogens (primary N) is 4. The molecule has 0 radical (unpaired) electrons. The topological polar surface area (TPSA) is 263 Å². The molecular weight excluding hydrogens is 471 g/mol. The third-order valence-corrected chi connectivity index (χ3v) is 5.83. The lowest BCUT2D eigenvalue weighted by molar-refractivity contribution is -0.136. The van der Waals surface area contributed by atoms with Crippen molar-refractivity contribution in [1.29, 1.82) is 0 Å². The number of amides is 4. The molecule has 0 spiro atoms. The summed E-state index contributed by atoms with van der Waals surface area (Å²) in [4.78, 5) is 66.3. The lowest BCUT2D eigenvalue weighted by atomic mass is 9.94. The van der Waals surface area contributed by atoms with Gasteiger partial charge in [0.1, 0.15) is 11.6 Å². The van der Waals surface area contributed by atoms with Gasteiger partial charge in [-0.2, -0.15) is 0 Å². The summed E-state index contributed by atoms with van der Waals surface area (Å²) in [6.45, 7) is 0. The van der Waals surface area contributed by atoms with Crippen molar-refractivity contribution in [1.82, 2.24) is 10.6 Å². The van der Waals surface area contributed by atoms with Crippen LogP contribution in [0.3, 0.4) is 0 Å². The van der Waals surface area contributed by atoms with Gasteiger partial charge in [-0.05, 0) is 37.0 Å². The summed E-state index contributed by atoms with van der Waals surface area (Å²) in [5.74, 6) is -3.30. The van der Waals surface area contributed by atoms with E-state index in [4.69, 9.17) is 32.7 Å². The van der Waals surface area contributed by atoms with E-state index in [1.54, 1.807) is 0 Å². The molecule has 1 aromatic rings. The predicted molar refractivity (Wildman–Crippen MR) is 119 cm³/mol. The Balaban J connectivity index is 2.09. The first kappa shape index (κ1) is 27.1. The van der Waals surface area contributed by atoms with E-state index >= 15 is 0 Å². The number of hydrogen-bond acceptors (Lipinski definition) is 8. The number of rotatable bonds is 11. The van der Waals surface area contributed by atoms with Crippen LogP contribution in [0, 0.1) is 0 Å². The van der Waals surface area contributed by atoms with Crippen molar-refractivity contribution >= 4 is 37.1 Å². The molecule has 34 heavy (non-hydrogen) atoms. The first-order valence-electron chi connectivity index (χ1n) is 10.3. The molecule has 2 rings (SSSR count). The van der Waals surface area contributed by atoms with Crippen molar-refractivity contribution in [3.8, 4) is 5.75 Å². The first-order chi connectivity index (χ1) is 15.7. The summed E-state index contributed by atoms with van der Waals surface area (Å²) in [5.41, 5.74) is 21.2. The van der Waals surface area contributed by atoms with E-state index in [1.165, 1.54) is 18.2 Å². The summed E-state index contributed by atoms with van der Waals surface area (Å²) in [6, 6.07) is 1.62. The van der Waals surface area contributed by atoms with E-state index in [9.17, 15) is 23.7 Å². The number of benzene rings is 1. The lowest BCUT2D eigenvalue weighted by Crippen LogP contribution is -2.62. The number of phosphoric ester groups is 1. The van der Waals surface area contributed by atoms with Gasteiger partial charge in [0.15, 0.2) is 5.75 Å². The molecule has 1 aliphatic carbocycles. The van der Waals surface area contributed by atoms with E-state index in [1.807, 2.05) is 0 Å². The Morgan fingerprint density at radius 3 is 2.26 bits per heavy atom. The fraction of sp³-hybridized carbons (Fsp3) is 0.474. The molecule has 0 heterocycles. The fourth-order valence-electron chi connectivity index (χ4n) is 3.72. The number of carbonyl (C=O) groups excluding carboxylic acids is 4. The van der Waals surface area contributed by atoms with E-state index in [-0.39, 0.29) is 17.9 Å². The third-order valence-electron chi connectivity index (χ3n) is 5.39. The fourth-order valence-corrected chi connectivity index (χ4v) is 4.14. The van der Waals surface area contributed by atoms with Crippen LogP contribution < -0.4 is 38.1 Å². The minimum atomic E-state index is -4.79. The molecule has 0 aromatic heterocycles. The molecule has 12 N–H and O–H groups in total. The maximum atomic E-state index is 13.0. The Morgan fingerprint density at radius 2 is 1.76 bits per heavy atom. The number of hydrogen-bond donors (Lipinski definition) is 8. The standard InChI is InChI=1S/C19H29N6O8P/c20-11-7-10(3-4-14(11)33-34(30,31)32)8-12(21)17(28)25-19(5-1-2-6-19)18(29)24-13(16(23)27)9-15(22)26/h3-4,7,12-13H,1-2,5-6,8-9,20-21H2,(H2,22,26)(H2,23,27)(H,24,29)(H,25,28)(H2,30,31,32)/t12-,13-/m0/s1. The zero-order chi connectivity index (χ0) is 25.7. The highest BCUT2D eigenvalue weighted by Crippen LogP contribution is 2.40. The number of nitrogens with one attached hydrogen (secondary N) is 2. The van der Waals surface area contributed by atoms with Crippen LogP contribution in [0.15, 0.2) is 18.2 Å². The van der Waals surface area contributed by atoms with Crippen LogP contribution in [0.25, 0.3) is 0 Å². The van der Waals surface area contributed by atoms with Crippen molar-refractivity contribution in [3.63, 3.8) is 0 Å². The highest BCUT2D eigenvalue weighted by Gasteiger charge is 2.44. The summed E-state index contributed by atoms with van der Waals surface area (Å²) in [7, 11) is -4.79. The van der Waals surface area contributed by atoms with Gasteiger partial charge < -0.3 is 38.1 Å². The second-order valence-corrected chi connectivity index (χ2v) is 9.31. The Morgan fingerprint density at radius 1 is 1.15 bits per heavy atom. The average Bonchev–Trinajstić information content (AvgIpc) is 3.18. The Kier molecular flexibility index (Phi) is 8.61. The maximum absolute atomic E-state index is 13.0. The predicted octanol–water partition coefficient (Wildman–Crippen LogP) is -2.12. The number of phosphoric acid groups is 1. The Labute approximate surface area is 195 Å². The summed E-state index contributed by atoms with van der Waals surface area (Å²) in [5, 5.41) is 5.06. The van der Waals surface area contributed by atoms with Gasteiger partial charge in [-0.1, -0.05) is 18.9 Å². The zero-order valence-corrected chi connectivity index (χ0v) is 19.1. The van der Waals surface area contributed by atoms with Crippen molar-refractivity contribution in [2.45, 2.75) is 56.1 Å².